The van der Waals surface area contributed by atoms with Crippen LogP contribution in [0.15, 0.2) is 0 Å². The molecule has 0 aromatic rings. The molecule has 0 spiro atoms. The van der Waals surface area contributed by atoms with Crippen LogP contribution < -0.4 is 0 Å². The van der Waals surface area contributed by atoms with E-state index in [1.54, 1.807) is 0 Å². The maximum absolute atomic E-state index is 11.3. The second-order valence-electron chi connectivity index (χ2n) is 19.5. The lowest BCUT2D eigenvalue weighted by atomic mass is 9.95. The fraction of sp³-hybridized carbons (Fsp3) is 1.00. The summed E-state index contributed by atoms with van der Waals surface area (Å²) >= 11 is 0. The summed E-state index contributed by atoms with van der Waals surface area (Å²) in [6.07, 6.45) is -65.8. The van der Waals surface area contributed by atoms with Gasteiger partial charge in [0.15, 0.2) is 44.0 Å². The van der Waals surface area contributed by atoms with Gasteiger partial charge in [-0.25, -0.2) is 0 Å². The Hall–Kier alpha value is -1.40. The molecule has 7 rings (SSSR count). The van der Waals surface area contributed by atoms with E-state index in [1.165, 1.54) is 6.92 Å². The molecule has 77 heavy (non-hydrogen) atoms. The van der Waals surface area contributed by atoms with Crippen LogP contribution >= 0.6 is 0 Å². The zero-order valence-electron chi connectivity index (χ0n) is 40.6. The third kappa shape index (κ3) is 12.9. The van der Waals surface area contributed by atoms with Crippen molar-refractivity contribution in [2.75, 3.05) is 39.6 Å². The first-order valence-corrected chi connectivity index (χ1v) is 24.5. The Morgan fingerprint density at radius 3 is 0.662 bits per heavy atom. The van der Waals surface area contributed by atoms with Crippen LogP contribution in [0.3, 0.4) is 0 Å². The third-order valence-corrected chi connectivity index (χ3v) is 14.5. The largest absolute Gasteiger partial charge is 0.394 e. The number of aliphatic hydroxyl groups is 22. The van der Waals surface area contributed by atoms with E-state index in [9.17, 15) is 112 Å². The lowest BCUT2D eigenvalue weighted by Crippen LogP contribution is -2.68. The normalized spacial score (nSPS) is 54.0. The summed E-state index contributed by atoms with van der Waals surface area (Å²) in [7, 11) is 0. The van der Waals surface area contributed by atoms with Crippen molar-refractivity contribution in [2.45, 2.75) is 222 Å². The minimum atomic E-state index is -2.22. The topological polar surface area (TPSA) is 565 Å². The fourth-order valence-electron chi connectivity index (χ4n) is 9.96. The molecule has 35 heteroatoms. The quantitative estimate of drug-likeness (QED) is 0.0606. The average molecular weight is 1140 g/mol. The highest BCUT2D eigenvalue weighted by Crippen LogP contribution is 2.37. The molecule has 1 unspecified atom stereocenters. The van der Waals surface area contributed by atoms with E-state index in [-0.39, 0.29) is 0 Å². The number of hydrogen-bond acceptors (Lipinski definition) is 35. The van der Waals surface area contributed by atoms with Crippen molar-refractivity contribution in [1.82, 2.24) is 0 Å². The van der Waals surface area contributed by atoms with E-state index >= 15 is 0 Å². The number of ether oxygens (including phenoxy) is 13. The van der Waals surface area contributed by atoms with Crippen molar-refractivity contribution in [3.8, 4) is 0 Å². The molecule has 0 aromatic carbocycles. The number of rotatable bonds is 18. The van der Waals surface area contributed by atoms with Crippen molar-refractivity contribution >= 4 is 0 Å². The molecule has 22 N–H and O–H groups in total. The summed E-state index contributed by atoms with van der Waals surface area (Å²) in [4.78, 5) is 0. The molecule has 7 saturated heterocycles. The van der Waals surface area contributed by atoms with Crippen molar-refractivity contribution in [1.29, 1.82) is 0 Å². The molecule has 7 aliphatic rings. The van der Waals surface area contributed by atoms with Crippen molar-refractivity contribution in [2.24, 2.45) is 0 Å². The first-order valence-electron chi connectivity index (χ1n) is 24.5. The SMILES string of the molecule is C[C@H]1O[C@H](O[C@H]2[C@H](O)[C@@H](O)[C@@H](O[C@H]3[C@H](O)[C@@H](O)[C@@H](O[C@H]4[C@H](O)[C@@H](O)[C@@H](O[C@H]5[C@H](O)[C@@H](O)[C@@H](O[C@H]6[C@H](O)[C@@H](O)[C@@H](O[C@H]7[C@H](O)[C@@H](O)C(O)O[C@@H]7CO)O[C@@H]6CO)O[C@@H]5CO)O[C@@H]4CO)O[C@@H]3CO)O[C@@H]2CO)[C@H](O)[C@@H](O)[C@@H]1O. The molecule has 0 aromatic heterocycles. The summed E-state index contributed by atoms with van der Waals surface area (Å²) in [5.74, 6) is 0. The maximum Gasteiger partial charge on any atom is 0.187 e. The van der Waals surface area contributed by atoms with Gasteiger partial charge in [-0.05, 0) is 6.92 Å². The molecular formula is C42H72O35. The molecule has 35 nitrogen and oxygen atoms in total. The summed E-state index contributed by atoms with van der Waals surface area (Å²) in [5, 5.41) is 233. The van der Waals surface area contributed by atoms with Crippen LogP contribution in [0.25, 0.3) is 0 Å². The molecule has 7 aliphatic heterocycles. The Morgan fingerprint density at radius 1 is 0.234 bits per heavy atom. The van der Waals surface area contributed by atoms with E-state index in [1.807, 2.05) is 0 Å². The van der Waals surface area contributed by atoms with Crippen LogP contribution in [0, 0.1) is 0 Å². The minimum Gasteiger partial charge on any atom is -0.394 e. The summed E-state index contributed by atoms with van der Waals surface area (Å²) in [6, 6.07) is 0. The Morgan fingerprint density at radius 2 is 0.429 bits per heavy atom. The Kier molecular flexibility index (Phi) is 22.1. The molecule has 0 bridgehead atoms. The second-order valence-corrected chi connectivity index (χ2v) is 19.5. The van der Waals surface area contributed by atoms with Crippen molar-refractivity contribution < 1.29 is 174 Å². The molecule has 0 saturated carbocycles. The Labute approximate surface area is 435 Å². The van der Waals surface area contributed by atoms with E-state index < -0.39 is 255 Å². The zero-order valence-corrected chi connectivity index (χ0v) is 40.6. The molecule has 0 amide bonds. The average Bonchev–Trinajstić information content (AvgIpc) is 3.42. The van der Waals surface area contributed by atoms with Crippen molar-refractivity contribution in [3.05, 3.63) is 0 Å². The van der Waals surface area contributed by atoms with Gasteiger partial charge in [0.05, 0.1) is 45.7 Å². The Bertz CT molecular complexity index is 1790. The first kappa shape index (κ1) is 63.2. The van der Waals surface area contributed by atoms with Gasteiger partial charge in [0.1, 0.15) is 165 Å². The van der Waals surface area contributed by atoms with Crippen LogP contribution in [-0.2, 0) is 61.6 Å². The molecule has 0 aliphatic carbocycles. The predicted molar refractivity (Wildman–Crippen MR) is 230 cm³/mol. The molecule has 35 atom stereocenters. The smallest absolute Gasteiger partial charge is 0.187 e. The van der Waals surface area contributed by atoms with E-state index in [4.69, 9.17) is 61.6 Å². The number of hydrogen-bond donors (Lipinski definition) is 22. The minimum absolute atomic E-state index is 0.868. The molecular weight excluding hydrogens is 1060 g/mol. The summed E-state index contributed by atoms with van der Waals surface area (Å²) in [5.41, 5.74) is 0. The highest BCUT2D eigenvalue weighted by Gasteiger charge is 2.58. The first-order chi connectivity index (χ1) is 36.5. The zero-order chi connectivity index (χ0) is 56.6. The monoisotopic (exact) mass is 1140 g/mol. The molecule has 0 radical (unpaired) electrons. The maximum atomic E-state index is 11.3. The summed E-state index contributed by atoms with van der Waals surface area (Å²) in [6.45, 7) is -4.57. The second kappa shape index (κ2) is 26.9. The highest BCUT2D eigenvalue weighted by molar-refractivity contribution is 5.00. The van der Waals surface area contributed by atoms with Gasteiger partial charge in [0.2, 0.25) is 0 Å². The van der Waals surface area contributed by atoms with Gasteiger partial charge < -0.3 is 174 Å². The number of aliphatic hydroxyl groups excluding tert-OH is 22. The molecule has 7 fully saturated rings. The van der Waals surface area contributed by atoms with Gasteiger partial charge >= 0.3 is 0 Å². The van der Waals surface area contributed by atoms with Gasteiger partial charge in [-0.1, -0.05) is 0 Å². The summed E-state index contributed by atoms with van der Waals surface area (Å²) < 4.78 is 72.2. The van der Waals surface area contributed by atoms with Gasteiger partial charge in [0, 0.05) is 0 Å². The van der Waals surface area contributed by atoms with E-state index in [0.717, 1.165) is 0 Å². The molecule has 7 heterocycles. The Balaban J connectivity index is 0.947. The third-order valence-electron chi connectivity index (χ3n) is 14.5. The lowest BCUT2D eigenvalue weighted by molar-refractivity contribution is -0.397. The van der Waals surface area contributed by atoms with Gasteiger partial charge in [-0.2, -0.15) is 0 Å². The van der Waals surface area contributed by atoms with E-state index in [0.29, 0.717) is 0 Å². The predicted octanol–water partition coefficient (Wildman–Crippen LogP) is -15.2. The van der Waals surface area contributed by atoms with Crippen LogP contribution in [0.4, 0.5) is 0 Å². The van der Waals surface area contributed by atoms with Gasteiger partial charge in [0.25, 0.3) is 0 Å². The molecule has 450 valence electrons. The van der Waals surface area contributed by atoms with Crippen LogP contribution in [-0.4, -0.2) is 367 Å². The lowest BCUT2D eigenvalue weighted by Gasteiger charge is -2.50. The van der Waals surface area contributed by atoms with Crippen LogP contribution in [0.5, 0.6) is 0 Å². The van der Waals surface area contributed by atoms with Crippen LogP contribution in [0.2, 0.25) is 0 Å². The fourth-order valence-corrected chi connectivity index (χ4v) is 9.96. The van der Waals surface area contributed by atoms with Crippen LogP contribution in [0.1, 0.15) is 6.92 Å². The highest BCUT2D eigenvalue weighted by atomic mass is 16.8. The van der Waals surface area contributed by atoms with Gasteiger partial charge in [-0.3, -0.25) is 0 Å². The standard InChI is InChI=1S/C42H72O35/c1-8-15(49)16(50)24(58)37(65-8)72-31-10(3-44)67-39(25(59)18(31)52)74-33-12(5-46)69-41(27(61)20(33)54)76-35-14(7-48)71-42(29(63)22(35)56)77-34-13(6-47)70-40(28(62)21(34)55)75-32-11(4-45)68-38(26(60)19(32)53)73-30-9(2-43)66-36(64)23(57)17(30)51/h8-64H,2-7H2,1H3/t8-,9-,10-,11-,12-,13-,14-,15-,16+,17-,18-,19-,20-,21-,22-,23-,24-,25-,26-,27-,28-,29-,30-,31-,32-,33-,34-,35-,36?,37-,38-,39-,40-,41-,42-/m1/s1. The van der Waals surface area contributed by atoms with E-state index in [2.05, 4.69) is 0 Å². The van der Waals surface area contributed by atoms with Gasteiger partial charge in [-0.15, -0.1) is 0 Å². The van der Waals surface area contributed by atoms with Crippen molar-refractivity contribution in [3.63, 3.8) is 0 Å².